The normalized spacial score (nSPS) is 11.0. The van der Waals surface area contributed by atoms with Gasteiger partial charge in [-0.2, -0.15) is 9.57 Å². The molecule has 0 aromatic heterocycles. The molecule has 0 heterocycles. The molecular weight excluding hydrogens is 434 g/mol. The van der Waals surface area contributed by atoms with E-state index in [0.717, 1.165) is 8.78 Å². The molecular formula is C18H18BrN3O4S. The van der Waals surface area contributed by atoms with Crippen molar-refractivity contribution in [1.29, 1.82) is 5.26 Å². The lowest BCUT2D eigenvalue weighted by Crippen LogP contribution is -2.39. The van der Waals surface area contributed by atoms with E-state index in [2.05, 4.69) is 21.2 Å². The number of nitrogens with one attached hydrogen (secondary N) is 1. The van der Waals surface area contributed by atoms with Crippen molar-refractivity contribution in [2.75, 3.05) is 26.7 Å². The third kappa shape index (κ3) is 6.06. The molecule has 0 fully saturated rings. The van der Waals surface area contributed by atoms with E-state index in [1.165, 1.54) is 31.3 Å². The first-order chi connectivity index (χ1) is 12.8. The van der Waals surface area contributed by atoms with Crippen molar-refractivity contribution in [1.82, 2.24) is 9.62 Å². The lowest BCUT2D eigenvalue weighted by molar-refractivity contribution is -0.121. The molecule has 0 saturated carbocycles. The molecule has 0 spiro atoms. The highest BCUT2D eigenvalue weighted by Gasteiger charge is 2.22. The predicted molar refractivity (Wildman–Crippen MR) is 104 cm³/mol. The van der Waals surface area contributed by atoms with Crippen molar-refractivity contribution < 1.29 is 17.9 Å². The zero-order valence-electron chi connectivity index (χ0n) is 14.6. The zero-order chi connectivity index (χ0) is 19.9. The molecule has 0 atom stereocenters. The summed E-state index contributed by atoms with van der Waals surface area (Å²) in [5, 5.41) is 11.4. The van der Waals surface area contributed by atoms with E-state index in [9.17, 15) is 13.2 Å². The van der Waals surface area contributed by atoms with E-state index in [1.807, 2.05) is 18.2 Å². The van der Waals surface area contributed by atoms with Gasteiger partial charge in [0.05, 0.1) is 29.6 Å². The number of hydrogen-bond acceptors (Lipinski definition) is 5. The highest BCUT2D eigenvalue weighted by Crippen LogP contribution is 2.17. The third-order valence-electron chi connectivity index (χ3n) is 3.55. The number of hydrogen-bond donors (Lipinski definition) is 1. The van der Waals surface area contributed by atoms with Gasteiger partial charge < -0.3 is 10.1 Å². The van der Waals surface area contributed by atoms with Gasteiger partial charge in [0.2, 0.25) is 15.9 Å². The van der Waals surface area contributed by atoms with Crippen LogP contribution < -0.4 is 10.1 Å². The minimum Gasteiger partial charge on any atom is -0.492 e. The van der Waals surface area contributed by atoms with E-state index in [4.69, 9.17) is 10.00 Å². The Morgan fingerprint density at radius 3 is 2.59 bits per heavy atom. The van der Waals surface area contributed by atoms with Crippen LogP contribution in [0, 0.1) is 11.3 Å². The van der Waals surface area contributed by atoms with Crippen LogP contribution in [0.5, 0.6) is 5.75 Å². The van der Waals surface area contributed by atoms with E-state index >= 15 is 0 Å². The molecule has 2 aromatic carbocycles. The number of nitrogens with zero attached hydrogens (tertiary/aromatic N) is 2. The molecule has 2 aromatic rings. The standard InChI is InChI=1S/C18H18BrN3O4S/c1-22(27(24,25)17-7-5-14(12-20)6-8-17)13-18(23)21-9-10-26-16-4-2-3-15(19)11-16/h2-8,11H,9-10,13H2,1H3,(H,21,23). The van der Waals surface area contributed by atoms with Crippen LogP contribution >= 0.6 is 15.9 Å². The molecule has 0 saturated heterocycles. The van der Waals surface area contributed by atoms with Crippen LogP contribution in [-0.4, -0.2) is 45.4 Å². The molecule has 0 aliphatic heterocycles. The number of halogens is 1. The van der Waals surface area contributed by atoms with Crippen molar-refractivity contribution in [3.63, 3.8) is 0 Å². The number of carbonyl (C=O) groups excluding carboxylic acids is 1. The lowest BCUT2D eigenvalue weighted by Gasteiger charge is -2.17. The first kappa shape index (κ1) is 20.9. The summed E-state index contributed by atoms with van der Waals surface area (Å²) in [5.74, 6) is 0.228. The average Bonchev–Trinajstić information content (AvgIpc) is 2.65. The van der Waals surface area contributed by atoms with Gasteiger partial charge >= 0.3 is 0 Å². The summed E-state index contributed by atoms with van der Waals surface area (Å²) in [4.78, 5) is 12.0. The van der Waals surface area contributed by atoms with Gasteiger partial charge in [-0.05, 0) is 42.5 Å². The number of amides is 1. The second-order valence-electron chi connectivity index (χ2n) is 5.55. The van der Waals surface area contributed by atoms with Gasteiger partial charge in [0.15, 0.2) is 0 Å². The van der Waals surface area contributed by atoms with Gasteiger partial charge in [0, 0.05) is 11.5 Å². The molecule has 9 heteroatoms. The van der Waals surface area contributed by atoms with Gasteiger partial charge in [-0.25, -0.2) is 8.42 Å². The maximum absolute atomic E-state index is 12.4. The monoisotopic (exact) mass is 451 g/mol. The minimum atomic E-state index is -3.81. The van der Waals surface area contributed by atoms with Gasteiger partial charge in [-0.3, -0.25) is 4.79 Å². The van der Waals surface area contributed by atoms with Crippen LogP contribution in [0.4, 0.5) is 0 Å². The topological polar surface area (TPSA) is 99.5 Å². The number of rotatable bonds is 8. The van der Waals surface area contributed by atoms with Crippen LogP contribution in [0.1, 0.15) is 5.56 Å². The molecule has 2 rings (SSSR count). The number of sulfonamides is 1. The van der Waals surface area contributed by atoms with Crippen molar-refractivity contribution in [3.05, 3.63) is 58.6 Å². The second-order valence-corrected chi connectivity index (χ2v) is 8.51. The molecule has 1 N–H and O–H groups in total. The molecule has 7 nitrogen and oxygen atoms in total. The Bertz CT molecular complexity index is 940. The first-order valence-electron chi connectivity index (χ1n) is 7.94. The van der Waals surface area contributed by atoms with Crippen molar-refractivity contribution in [2.24, 2.45) is 0 Å². The number of likely N-dealkylation sites (N-methyl/N-ethyl adjacent to an activating group) is 1. The molecule has 0 aliphatic rings. The van der Waals surface area contributed by atoms with Crippen molar-refractivity contribution >= 4 is 31.9 Å². The third-order valence-corrected chi connectivity index (χ3v) is 5.86. The largest absolute Gasteiger partial charge is 0.492 e. The van der Waals surface area contributed by atoms with E-state index in [-0.39, 0.29) is 24.6 Å². The van der Waals surface area contributed by atoms with Crippen LogP contribution in [0.2, 0.25) is 0 Å². The Morgan fingerprint density at radius 1 is 1.26 bits per heavy atom. The molecule has 0 bridgehead atoms. The van der Waals surface area contributed by atoms with E-state index in [1.54, 1.807) is 12.1 Å². The highest BCUT2D eigenvalue weighted by atomic mass is 79.9. The number of carbonyl (C=O) groups is 1. The van der Waals surface area contributed by atoms with Crippen LogP contribution in [-0.2, 0) is 14.8 Å². The van der Waals surface area contributed by atoms with Gasteiger partial charge in [0.25, 0.3) is 0 Å². The molecule has 27 heavy (non-hydrogen) atoms. The maximum Gasteiger partial charge on any atom is 0.243 e. The van der Waals surface area contributed by atoms with Crippen LogP contribution in [0.15, 0.2) is 57.9 Å². The second kappa shape index (κ2) is 9.50. The fourth-order valence-corrected chi connectivity index (χ4v) is 3.65. The summed E-state index contributed by atoms with van der Waals surface area (Å²) in [6.45, 7) is 0.184. The smallest absolute Gasteiger partial charge is 0.243 e. The van der Waals surface area contributed by atoms with Gasteiger partial charge in [0.1, 0.15) is 12.4 Å². The predicted octanol–water partition coefficient (Wildman–Crippen LogP) is 2.14. The minimum absolute atomic E-state index is 0.0230. The average molecular weight is 452 g/mol. The fraction of sp³-hybridized carbons (Fsp3) is 0.222. The summed E-state index contributed by atoms with van der Waals surface area (Å²) in [7, 11) is -2.49. The van der Waals surface area contributed by atoms with Gasteiger partial charge in [-0.15, -0.1) is 0 Å². The fourth-order valence-electron chi connectivity index (χ4n) is 2.14. The van der Waals surface area contributed by atoms with Gasteiger partial charge in [-0.1, -0.05) is 22.0 Å². The molecule has 0 unspecified atom stereocenters. The lowest BCUT2D eigenvalue weighted by atomic mass is 10.2. The Labute approximate surface area is 166 Å². The number of nitriles is 1. The van der Waals surface area contributed by atoms with E-state index in [0.29, 0.717) is 11.3 Å². The summed E-state index contributed by atoms with van der Waals surface area (Å²) in [6, 6.07) is 14.7. The summed E-state index contributed by atoms with van der Waals surface area (Å²) in [5.41, 5.74) is 0.361. The number of benzene rings is 2. The molecule has 0 aliphatic carbocycles. The molecule has 142 valence electrons. The Balaban J connectivity index is 1.82. The molecule has 1 amide bonds. The quantitative estimate of drug-likeness (QED) is 0.619. The Morgan fingerprint density at radius 2 is 1.96 bits per heavy atom. The Kier molecular flexibility index (Phi) is 7.36. The zero-order valence-corrected chi connectivity index (χ0v) is 17.0. The number of ether oxygens (including phenoxy) is 1. The highest BCUT2D eigenvalue weighted by molar-refractivity contribution is 9.10. The van der Waals surface area contributed by atoms with E-state index < -0.39 is 15.9 Å². The first-order valence-corrected chi connectivity index (χ1v) is 10.2. The Hall–Kier alpha value is -2.41. The maximum atomic E-state index is 12.4. The summed E-state index contributed by atoms with van der Waals surface area (Å²) in [6.07, 6.45) is 0. The van der Waals surface area contributed by atoms with Crippen molar-refractivity contribution in [2.45, 2.75) is 4.90 Å². The van der Waals surface area contributed by atoms with Crippen LogP contribution in [0.3, 0.4) is 0 Å². The molecule has 0 radical (unpaired) electrons. The SMILES string of the molecule is CN(CC(=O)NCCOc1cccc(Br)c1)S(=O)(=O)c1ccc(C#N)cc1. The van der Waals surface area contributed by atoms with Crippen molar-refractivity contribution in [3.8, 4) is 11.8 Å². The van der Waals surface area contributed by atoms with Crippen LogP contribution in [0.25, 0.3) is 0 Å². The summed E-state index contributed by atoms with van der Waals surface area (Å²) < 4.78 is 32.2. The summed E-state index contributed by atoms with van der Waals surface area (Å²) >= 11 is 3.34.